The zero-order valence-electron chi connectivity index (χ0n) is 22.4. The molecule has 0 amide bonds. The van der Waals surface area contributed by atoms with Gasteiger partial charge in [-0.1, -0.05) is 50.5 Å². The summed E-state index contributed by atoms with van der Waals surface area (Å²) in [5.41, 5.74) is 2.69. The lowest BCUT2D eigenvalue weighted by atomic mass is 10.1. The van der Waals surface area contributed by atoms with Crippen LogP contribution in [0.4, 0.5) is 10.3 Å². The lowest BCUT2D eigenvalue weighted by Gasteiger charge is -2.36. The predicted octanol–water partition coefficient (Wildman–Crippen LogP) is 5.48. The Hall–Kier alpha value is -2.36. The van der Waals surface area contributed by atoms with E-state index < -0.39 is 8.32 Å². The second kappa shape index (κ2) is 11.4. The number of rotatable bonds is 9. The number of piperidine rings is 1. The van der Waals surface area contributed by atoms with E-state index in [4.69, 9.17) is 9.26 Å². The number of likely N-dealkylation sites (tertiary alicyclic amines) is 1. The molecule has 0 saturated carbocycles. The van der Waals surface area contributed by atoms with Gasteiger partial charge in [-0.05, 0) is 44.1 Å². The largest absolute Gasteiger partial charge is 0.412 e. The number of hydrogen-bond donors (Lipinski definition) is 0. The van der Waals surface area contributed by atoms with Gasteiger partial charge >= 0.3 is 0 Å². The van der Waals surface area contributed by atoms with Gasteiger partial charge in [-0.15, -0.1) is 0 Å². The highest BCUT2D eigenvalue weighted by Gasteiger charge is 2.37. The van der Waals surface area contributed by atoms with Crippen LogP contribution in [0.5, 0.6) is 0 Å². The molecule has 0 N–H and O–H groups in total. The van der Waals surface area contributed by atoms with Crippen molar-refractivity contribution in [3.8, 4) is 11.1 Å². The molecule has 3 heterocycles. The molecule has 0 spiro atoms. The number of oxime groups is 1. The number of nitrogens with zero attached hydrogens (tertiary/aromatic N) is 5. The van der Waals surface area contributed by atoms with Crippen LogP contribution in [0.3, 0.4) is 0 Å². The maximum atomic E-state index is 15.3. The number of hydrogen-bond acceptors (Lipinski definition) is 7. The van der Waals surface area contributed by atoms with Gasteiger partial charge in [0.15, 0.2) is 8.32 Å². The van der Waals surface area contributed by atoms with Gasteiger partial charge in [-0.2, -0.15) is 0 Å². The summed E-state index contributed by atoms with van der Waals surface area (Å²) in [6.07, 6.45) is 7.27. The van der Waals surface area contributed by atoms with E-state index in [1.165, 1.54) is 32.4 Å². The molecule has 2 aromatic rings. The van der Waals surface area contributed by atoms with Crippen LogP contribution in [0.1, 0.15) is 45.6 Å². The minimum absolute atomic E-state index is 0.0748. The Morgan fingerprint density at radius 3 is 2.42 bits per heavy atom. The second-order valence-electron chi connectivity index (χ2n) is 11.3. The monoisotopic (exact) mass is 513 g/mol. The van der Waals surface area contributed by atoms with Crippen LogP contribution >= 0.6 is 0 Å². The number of halogens is 1. The zero-order chi connectivity index (χ0) is 25.8. The predicted molar refractivity (Wildman–Crippen MR) is 145 cm³/mol. The Labute approximate surface area is 215 Å². The van der Waals surface area contributed by atoms with Crippen LogP contribution in [-0.4, -0.2) is 68.2 Å². The van der Waals surface area contributed by atoms with Crippen LogP contribution < -0.4 is 4.90 Å². The lowest BCUT2D eigenvalue weighted by molar-refractivity contribution is 0.101. The highest BCUT2D eigenvalue weighted by atomic mass is 28.4. The molecule has 0 unspecified atom stereocenters. The van der Waals surface area contributed by atoms with E-state index in [2.05, 4.69) is 53.9 Å². The van der Waals surface area contributed by atoms with Gasteiger partial charge in [-0.3, -0.25) is 4.90 Å². The summed E-state index contributed by atoms with van der Waals surface area (Å²) >= 11 is 0. The molecule has 196 valence electrons. The average Bonchev–Trinajstić information content (AvgIpc) is 2.82. The molecule has 4 rings (SSSR count). The van der Waals surface area contributed by atoms with Crippen LogP contribution in [0, 0.1) is 5.82 Å². The molecule has 2 aliphatic heterocycles. The summed E-state index contributed by atoms with van der Waals surface area (Å²) in [6.45, 7) is 16.4. The minimum Gasteiger partial charge on any atom is -0.412 e. The molecular weight excluding hydrogens is 473 g/mol. The Kier molecular flexibility index (Phi) is 8.42. The minimum atomic E-state index is -1.97. The zero-order valence-corrected chi connectivity index (χ0v) is 23.4. The smallest absolute Gasteiger partial charge is 0.225 e. The maximum Gasteiger partial charge on any atom is 0.225 e. The van der Waals surface area contributed by atoms with Gasteiger partial charge in [0.25, 0.3) is 0 Å². The van der Waals surface area contributed by atoms with Crippen molar-refractivity contribution in [1.82, 2.24) is 14.9 Å². The first-order valence-corrected chi connectivity index (χ1v) is 15.9. The second-order valence-corrected chi connectivity index (χ2v) is 16.2. The number of benzene rings is 1. The molecule has 0 radical (unpaired) electrons. The molecule has 1 aromatic heterocycles. The third-order valence-electron chi connectivity index (χ3n) is 7.59. The Morgan fingerprint density at radius 2 is 1.75 bits per heavy atom. The van der Waals surface area contributed by atoms with Crippen molar-refractivity contribution in [2.24, 2.45) is 5.16 Å². The van der Waals surface area contributed by atoms with Crippen molar-refractivity contribution in [3.63, 3.8) is 0 Å². The third kappa shape index (κ3) is 6.49. The Bertz CT molecular complexity index is 1040. The summed E-state index contributed by atoms with van der Waals surface area (Å²) in [6, 6.07) is 5.41. The molecule has 7 nitrogen and oxygen atoms in total. The third-order valence-corrected chi connectivity index (χ3v) is 12.1. The fourth-order valence-electron chi connectivity index (χ4n) is 4.10. The summed E-state index contributed by atoms with van der Waals surface area (Å²) in [7, 11) is -1.97. The van der Waals surface area contributed by atoms with Crippen molar-refractivity contribution in [3.05, 3.63) is 42.0 Å². The van der Waals surface area contributed by atoms with Gasteiger partial charge in [0.05, 0.1) is 25.4 Å². The molecule has 0 bridgehead atoms. The van der Waals surface area contributed by atoms with Gasteiger partial charge in [0.1, 0.15) is 12.4 Å². The Morgan fingerprint density at radius 1 is 1.06 bits per heavy atom. The van der Waals surface area contributed by atoms with Crippen molar-refractivity contribution in [2.75, 3.05) is 44.2 Å². The normalized spacial score (nSPS) is 17.2. The van der Waals surface area contributed by atoms with Crippen molar-refractivity contribution in [2.45, 2.75) is 64.8 Å². The van der Waals surface area contributed by atoms with E-state index in [1.54, 1.807) is 24.5 Å². The van der Waals surface area contributed by atoms with Crippen molar-refractivity contribution < 1.29 is 13.7 Å². The van der Waals surface area contributed by atoms with E-state index in [9.17, 15) is 0 Å². The lowest BCUT2D eigenvalue weighted by Crippen LogP contribution is -2.48. The SMILES string of the molecule is CC(C)(C)[Si](C)(C)OCc1cccc(-c2cnc(N3CC(=NOCCN4CCCCC4)C3)nc2)c1F. The number of aromatic nitrogens is 2. The van der Waals surface area contributed by atoms with E-state index in [1.807, 2.05) is 11.0 Å². The van der Waals surface area contributed by atoms with Crippen LogP contribution in [0.2, 0.25) is 18.1 Å². The van der Waals surface area contributed by atoms with Gasteiger partial charge in [-0.25, -0.2) is 14.4 Å². The van der Waals surface area contributed by atoms with Gasteiger partial charge in [0, 0.05) is 35.6 Å². The van der Waals surface area contributed by atoms with E-state index in [0.29, 0.717) is 42.3 Å². The summed E-state index contributed by atoms with van der Waals surface area (Å²) in [5, 5.41) is 4.33. The van der Waals surface area contributed by atoms with Gasteiger partial charge in [0.2, 0.25) is 5.95 Å². The molecule has 2 aliphatic rings. The molecule has 9 heteroatoms. The van der Waals surface area contributed by atoms with Gasteiger partial charge < -0.3 is 14.2 Å². The first kappa shape index (κ1) is 26.7. The van der Waals surface area contributed by atoms with Crippen LogP contribution in [0.25, 0.3) is 11.1 Å². The molecule has 2 saturated heterocycles. The molecule has 0 aliphatic carbocycles. The van der Waals surface area contributed by atoms with Crippen LogP contribution in [-0.2, 0) is 15.9 Å². The maximum absolute atomic E-state index is 15.3. The molecule has 0 atom stereocenters. The molecule has 1 aromatic carbocycles. The highest BCUT2D eigenvalue weighted by molar-refractivity contribution is 6.74. The molecule has 36 heavy (non-hydrogen) atoms. The fourth-order valence-corrected chi connectivity index (χ4v) is 5.05. The Balaban J connectivity index is 1.29. The molecular formula is C27H40FN5O2Si. The van der Waals surface area contributed by atoms with Crippen LogP contribution in [0.15, 0.2) is 35.7 Å². The quantitative estimate of drug-likeness (QED) is 0.251. The summed E-state index contributed by atoms with van der Waals surface area (Å²) in [4.78, 5) is 18.9. The first-order chi connectivity index (χ1) is 17.1. The van der Waals surface area contributed by atoms with E-state index in [-0.39, 0.29) is 17.5 Å². The van der Waals surface area contributed by atoms with Crippen molar-refractivity contribution >= 4 is 20.0 Å². The molecule has 2 fully saturated rings. The summed E-state index contributed by atoms with van der Waals surface area (Å²) in [5.74, 6) is 0.344. The number of anilines is 1. The van der Waals surface area contributed by atoms with Crippen molar-refractivity contribution in [1.29, 1.82) is 0 Å². The van der Waals surface area contributed by atoms with E-state index in [0.717, 1.165) is 12.3 Å². The standard InChI is InChI=1S/C27H40FN5O2Si/c1-27(2,3)36(4,5)35-20-21-10-9-11-24(25(21)28)22-16-29-26(30-17-22)33-18-23(19-33)31-34-15-14-32-12-7-6-8-13-32/h9-11,16-17H,6-8,12-15,18-20H2,1-5H3. The fraction of sp³-hybridized carbons (Fsp3) is 0.593. The highest BCUT2D eigenvalue weighted by Crippen LogP contribution is 2.37. The van der Waals surface area contributed by atoms with E-state index >= 15 is 4.39 Å². The average molecular weight is 514 g/mol. The topological polar surface area (TPSA) is 63.1 Å². The summed E-state index contributed by atoms with van der Waals surface area (Å²) < 4.78 is 21.6. The first-order valence-electron chi connectivity index (χ1n) is 13.0.